The van der Waals surface area contributed by atoms with E-state index >= 15 is 0 Å². The predicted octanol–water partition coefficient (Wildman–Crippen LogP) is 0.609. The highest BCUT2D eigenvalue weighted by atomic mass is 16.3. The molecule has 0 aromatic heterocycles. The molecule has 2 amide bonds. The van der Waals surface area contributed by atoms with Gasteiger partial charge in [0.2, 0.25) is 0 Å². The first-order valence-corrected chi connectivity index (χ1v) is 5.33. The zero-order valence-electron chi connectivity index (χ0n) is 8.55. The van der Waals surface area contributed by atoms with Crippen LogP contribution < -0.4 is 10.6 Å². The van der Waals surface area contributed by atoms with E-state index in [1.54, 1.807) is 0 Å². The molecule has 0 aliphatic heterocycles. The molecule has 0 unspecified atom stereocenters. The van der Waals surface area contributed by atoms with Crippen LogP contribution in [0, 0.1) is 5.92 Å². The summed E-state index contributed by atoms with van der Waals surface area (Å²) in [5.74, 6) is 0.456. The summed E-state index contributed by atoms with van der Waals surface area (Å²) < 4.78 is 0. The first kappa shape index (κ1) is 9.77. The third kappa shape index (κ3) is 2.18. The van der Waals surface area contributed by atoms with E-state index < -0.39 is 5.54 Å². The largest absolute Gasteiger partial charge is 0.394 e. The van der Waals surface area contributed by atoms with E-state index in [2.05, 4.69) is 10.6 Å². The van der Waals surface area contributed by atoms with Gasteiger partial charge in [-0.2, -0.15) is 0 Å². The van der Waals surface area contributed by atoms with Crippen molar-refractivity contribution in [3.8, 4) is 0 Å². The van der Waals surface area contributed by atoms with Crippen LogP contribution in [-0.2, 0) is 0 Å². The van der Waals surface area contributed by atoms with E-state index in [4.69, 9.17) is 0 Å². The molecule has 0 bridgehead atoms. The smallest absolute Gasteiger partial charge is 0.315 e. The van der Waals surface area contributed by atoms with E-state index in [0.717, 1.165) is 25.7 Å². The lowest BCUT2D eigenvalue weighted by molar-refractivity contribution is 0.155. The van der Waals surface area contributed by atoms with E-state index in [0.29, 0.717) is 12.0 Å². The van der Waals surface area contributed by atoms with Gasteiger partial charge in [-0.25, -0.2) is 4.79 Å². The molecule has 80 valence electrons. The molecule has 3 N–H and O–H groups in total. The van der Waals surface area contributed by atoms with Crippen LogP contribution in [0.1, 0.15) is 32.6 Å². The number of urea groups is 1. The fourth-order valence-corrected chi connectivity index (χ4v) is 1.70. The monoisotopic (exact) mass is 198 g/mol. The molecule has 4 heteroatoms. The second kappa shape index (κ2) is 3.42. The molecule has 14 heavy (non-hydrogen) atoms. The fraction of sp³-hybridized carbons (Fsp3) is 0.900. The van der Waals surface area contributed by atoms with E-state index in [1.807, 2.05) is 6.92 Å². The Labute approximate surface area is 84.1 Å². The van der Waals surface area contributed by atoms with Crippen LogP contribution in [0.15, 0.2) is 0 Å². The topological polar surface area (TPSA) is 61.4 Å². The summed E-state index contributed by atoms with van der Waals surface area (Å²) in [5.41, 5.74) is -0.418. The van der Waals surface area contributed by atoms with Crippen molar-refractivity contribution >= 4 is 6.03 Å². The van der Waals surface area contributed by atoms with Crippen molar-refractivity contribution < 1.29 is 9.90 Å². The van der Waals surface area contributed by atoms with Crippen LogP contribution in [0.4, 0.5) is 4.79 Å². The van der Waals surface area contributed by atoms with Gasteiger partial charge in [0.05, 0.1) is 12.1 Å². The number of rotatable bonds is 4. The Morgan fingerprint density at radius 1 is 1.43 bits per heavy atom. The number of aliphatic hydroxyl groups is 1. The van der Waals surface area contributed by atoms with Crippen LogP contribution >= 0.6 is 0 Å². The average molecular weight is 198 g/mol. The molecule has 0 spiro atoms. The van der Waals surface area contributed by atoms with Gasteiger partial charge in [0, 0.05) is 6.04 Å². The Bertz CT molecular complexity index is 236. The van der Waals surface area contributed by atoms with Crippen LogP contribution in [0.25, 0.3) is 0 Å². The van der Waals surface area contributed by atoms with Crippen molar-refractivity contribution in [1.29, 1.82) is 0 Å². The van der Waals surface area contributed by atoms with E-state index in [1.165, 1.54) is 0 Å². The number of carbonyl (C=O) groups excluding carboxylic acids is 1. The number of amides is 2. The van der Waals surface area contributed by atoms with Gasteiger partial charge in [-0.15, -0.1) is 0 Å². The maximum absolute atomic E-state index is 11.5. The molecule has 0 aromatic rings. The number of aliphatic hydroxyl groups excluding tert-OH is 1. The second-order valence-corrected chi connectivity index (χ2v) is 4.72. The van der Waals surface area contributed by atoms with Crippen molar-refractivity contribution in [2.75, 3.05) is 6.61 Å². The molecule has 2 fully saturated rings. The van der Waals surface area contributed by atoms with Crippen LogP contribution in [-0.4, -0.2) is 29.3 Å². The SMILES string of the molecule is C[C@](CO)(NC(=O)NC1CC1)C1CC1. The minimum atomic E-state index is -0.418. The normalized spacial score (nSPS) is 25.3. The molecule has 4 nitrogen and oxygen atoms in total. The zero-order valence-corrected chi connectivity index (χ0v) is 8.55. The van der Waals surface area contributed by atoms with Gasteiger partial charge in [0.15, 0.2) is 0 Å². The minimum absolute atomic E-state index is 0.0236. The lowest BCUT2D eigenvalue weighted by Crippen LogP contribution is -2.54. The van der Waals surface area contributed by atoms with Crippen molar-refractivity contribution in [2.24, 2.45) is 5.92 Å². The highest BCUT2D eigenvalue weighted by Crippen LogP contribution is 2.39. The molecule has 0 saturated heterocycles. The number of hydrogen-bond donors (Lipinski definition) is 3. The summed E-state index contributed by atoms with van der Waals surface area (Å²) >= 11 is 0. The minimum Gasteiger partial charge on any atom is -0.394 e. The zero-order chi connectivity index (χ0) is 10.2. The molecule has 0 heterocycles. The van der Waals surface area contributed by atoms with Crippen molar-refractivity contribution in [2.45, 2.75) is 44.2 Å². The summed E-state index contributed by atoms with van der Waals surface area (Å²) in [6.45, 7) is 1.94. The summed E-state index contributed by atoms with van der Waals surface area (Å²) in [6, 6.07) is 0.244. The molecular formula is C10H18N2O2. The lowest BCUT2D eigenvalue weighted by Gasteiger charge is -2.28. The predicted molar refractivity (Wildman–Crippen MR) is 52.9 cm³/mol. The summed E-state index contributed by atoms with van der Waals surface area (Å²) in [7, 11) is 0. The average Bonchev–Trinajstić information content (AvgIpc) is 2.96. The molecule has 2 rings (SSSR count). The molecule has 1 atom stereocenters. The van der Waals surface area contributed by atoms with Crippen LogP contribution in [0.5, 0.6) is 0 Å². The van der Waals surface area contributed by atoms with Crippen LogP contribution in [0.3, 0.4) is 0 Å². The molecule has 2 aliphatic carbocycles. The number of hydrogen-bond acceptors (Lipinski definition) is 2. The molecule has 2 aliphatic rings. The van der Waals surface area contributed by atoms with Gasteiger partial charge >= 0.3 is 6.03 Å². The Morgan fingerprint density at radius 2 is 2.07 bits per heavy atom. The maximum Gasteiger partial charge on any atom is 0.315 e. The van der Waals surface area contributed by atoms with E-state index in [9.17, 15) is 9.90 Å². The van der Waals surface area contributed by atoms with Crippen molar-refractivity contribution in [3.63, 3.8) is 0 Å². The number of nitrogens with one attached hydrogen (secondary N) is 2. The summed E-state index contributed by atoms with van der Waals surface area (Å²) in [5, 5.41) is 15.0. The van der Waals surface area contributed by atoms with Crippen LogP contribution in [0.2, 0.25) is 0 Å². The molecule has 2 saturated carbocycles. The van der Waals surface area contributed by atoms with Gasteiger partial charge in [-0.3, -0.25) is 0 Å². The second-order valence-electron chi connectivity index (χ2n) is 4.72. The van der Waals surface area contributed by atoms with Gasteiger partial charge in [-0.1, -0.05) is 0 Å². The van der Waals surface area contributed by atoms with Crippen molar-refractivity contribution in [3.05, 3.63) is 0 Å². The third-order valence-corrected chi connectivity index (χ3v) is 3.12. The first-order valence-electron chi connectivity index (χ1n) is 5.33. The summed E-state index contributed by atoms with van der Waals surface area (Å²) in [4.78, 5) is 11.5. The highest BCUT2D eigenvalue weighted by molar-refractivity contribution is 5.75. The molecule has 0 aromatic carbocycles. The maximum atomic E-state index is 11.5. The fourth-order valence-electron chi connectivity index (χ4n) is 1.70. The van der Waals surface area contributed by atoms with Crippen molar-refractivity contribution in [1.82, 2.24) is 10.6 Å². The lowest BCUT2D eigenvalue weighted by atomic mass is 9.97. The Hall–Kier alpha value is -0.770. The molecule has 0 radical (unpaired) electrons. The highest BCUT2D eigenvalue weighted by Gasteiger charge is 2.42. The van der Waals surface area contributed by atoms with E-state index in [-0.39, 0.29) is 12.6 Å². The Balaban J connectivity index is 1.82. The van der Waals surface area contributed by atoms with Gasteiger partial charge in [0.1, 0.15) is 0 Å². The molecular weight excluding hydrogens is 180 g/mol. The quantitative estimate of drug-likeness (QED) is 0.619. The third-order valence-electron chi connectivity index (χ3n) is 3.12. The van der Waals surface area contributed by atoms with Gasteiger partial charge < -0.3 is 15.7 Å². The number of carbonyl (C=O) groups is 1. The Morgan fingerprint density at radius 3 is 2.50 bits per heavy atom. The summed E-state index contributed by atoms with van der Waals surface area (Å²) in [6.07, 6.45) is 4.40. The standard InChI is InChI=1S/C10H18N2O2/c1-10(6-13,7-2-3-7)12-9(14)11-8-4-5-8/h7-8,13H,2-6H2,1H3,(H2,11,12,14)/t10-/m1/s1. The van der Waals surface area contributed by atoms with Gasteiger partial charge in [-0.05, 0) is 38.5 Å². The first-order chi connectivity index (χ1) is 6.64. The Kier molecular flexibility index (Phi) is 2.39. The van der Waals surface area contributed by atoms with Gasteiger partial charge in [0.25, 0.3) is 0 Å².